The van der Waals surface area contributed by atoms with Crippen LogP contribution in [-0.2, 0) is 4.79 Å². The minimum atomic E-state index is -0.204. The zero-order chi connectivity index (χ0) is 18.1. The number of allylic oxidation sites excluding steroid dienone is 1. The van der Waals surface area contributed by atoms with Gasteiger partial charge >= 0.3 is 0 Å². The van der Waals surface area contributed by atoms with Crippen LogP contribution in [0.1, 0.15) is 63.4 Å². The first-order chi connectivity index (χ1) is 11.2. The summed E-state index contributed by atoms with van der Waals surface area (Å²) in [6.45, 7) is 10.6. The smallest absolute Gasteiger partial charge is 0.228 e. The lowest BCUT2D eigenvalue weighted by Gasteiger charge is -2.33. The average Bonchev–Trinajstić information content (AvgIpc) is 2.79. The number of anilines is 1. The summed E-state index contributed by atoms with van der Waals surface area (Å²) in [5, 5.41) is 12.8. The van der Waals surface area contributed by atoms with Crippen LogP contribution in [0, 0.1) is 17.3 Å². The Morgan fingerprint density at radius 3 is 2.50 bits per heavy atom. The molecule has 0 aromatic heterocycles. The number of carbonyl (C=O) groups is 2. The summed E-state index contributed by atoms with van der Waals surface area (Å²) in [4.78, 5) is 24.5. The molecule has 0 aliphatic heterocycles. The van der Waals surface area contributed by atoms with E-state index < -0.39 is 0 Å². The molecule has 1 aromatic carbocycles. The van der Waals surface area contributed by atoms with Crippen LogP contribution >= 0.6 is 0 Å². The highest BCUT2D eigenvalue weighted by Gasteiger charge is 2.34. The van der Waals surface area contributed by atoms with Gasteiger partial charge in [-0.1, -0.05) is 41.0 Å². The highest BCUT2D eigenvalue weighted by Crippen LogP contribution is 2.36. The maximum atomic E-state index is 12.8. The fraction of sp³-hybridized carbons (Fsp3) is 0.500. The van der Waals surface area contributed by atoms with Crippen LogP contribution in [0.15, 0.2) is 24.3 Å². The van der Waals surface area contributed by atoms with E-state index in [1.54, 1.807) is 18.2 Å². The number of carbonyl (C=O) groups excluding carboxylic acids is 2. The van der Waals surface area contributed by atoms with E-state index in [2.05, 4.69) is 39.9 Å². The Morgan fingerprint density at radius 2 is 1.92 bits per heavy atom. The number of hydrogen-bond donors (Lipinski definition) is 2. The third-order valence-electron chi connectivity index (χ3n) is 4.97. The monoisotopic (exact) mass is 329 g/mol. The zero-order valence-corrected chi connectivity index (χ0v) is 15.1. The molecular formula is C20H27NO3. The van der Waals surface area contributed by atoms with Gasteiger partial charge in [-0.2, -0.15) is 0 Å². The molecule has 1 aromatic rings. The Hall–Kier alpha value is -2.10. The second-order valence-electron chi connectivity index (χ2n) is 7.67. The molecule has 130 valence electrons. The molecule has 0 heterocycles. The van der Waals surface area contributed by atoms with Gasteiger partial charge in [0.15, 0.2) is 5.78 Å². The molecule has 1 atom stereocenters. The highest BCUT2D eigenvalue weighted by molar-refractivity contribution is 6.15. The third-order valence-corrected chi connectivity index (χ3v) is 4.97. The molecular weight excluding hydrogens is 302 g/mol. The van der Waals surface area contributed by atoms with Crippen LogP contribution in [0.4, 0.5) is 5.69 Å². The molecule has 1 unspecified atom stereocenters. The van der Waals surface area contributed by atoms with Gasteiger partial charge in [0.2, 0.25) is 5.91 Å². The summed E-state index contributed by atoms with van der Waals surface area (Å²) < 4.78 is 0. The van der Waals surface area contributed by atoms with Crippen LogP contribution in [0.5, 0.6) is 0 Å². The van der Waals surface area contributed by atoms with Crippen LogP contribution < -0.4 is 5.32 Å². The topological polar surface area (TPSA) is 66.4 Å². The lowest BCUT2D eigenvalue weighted by molar-refractivity contribution is -0.124. The van der Waals surface area contributed by atoms with Crippen molar-refractivity contribution in [3.63, 3.8) is 0 Å². The second kappa shape index (κ2) is 6.80. The van der Waals surface area contributed by atoms with E-state index in [1.165, 1.54) is 6.08 Å². The van der Waals surface area contributed by atoms with E-state index in [-0.39, 0.29) is 28.8 Å². The summed E-state index contributed by atoms with van der Waals surface area (Å²) in [6, 6.07) is 5.03. The summed E-state index contributed by atoms with van der Waals surface area (Å²) >= 11 is 0. The summed E-state index contributed by atoms with van der Waals surface area (Å²) in [6.07, 6.45) is 2.94. The van der Waals surface area contributed by atoms with Gasteiger partial charge in [-0.3, -0.25) is 9.59 Å². The molecule has 24 heavy (non-hydrogen) atoms. The van der Waals surface area contributed by atoms with E-state index in [0.717, 1.165) is 12.8 Å². The van der Waals surface area contributed by atoms with Crippen molar-refractivity contribution in [3.05, 3.63) is 35.4 Å². The van der Waals surface area contributed by atoms with Gasteiger partial charge < -0.3 is 10.4 Å². The highest BCUT2D eigenvalue weighted by atomic mass is 16.3. The molecule has 4 nitrogen and oxygen atoms in total. The zero-order valence-electron chi connectivity index (χ0n) is 15.1. The largest absolute Gasteiger partial charge is 0.507 e. The number of nitrogens with one attached hydrogen (secondary N) is 1. The molecule has 2 rings (SSSR count). The normalized spacial score (nSPS) is 15.2. The first kappa shape index (κ1) is 18.2. The fourth-order valence-corrected chi connectivity index (χ4v) is 3.06. The number of benzene rings is 1. The summed E-state index contributed by atoms with van der Waals surface area (Å²) in [5.74, 6) is 0.0740. The molecule has 1 amide bonds. The number of rotatable bonds is 6. The molecule has 0 fully saturated rings. The summed E-state index contributed by atoms with van der Waals surface area (Å²) in [5.41, 5.74) is 1.46. The maximum absolute atomic E-state index is 12.8. The molecule has 1 aliphatic carbocycles. The van der Waals surface area contributed by atoms with Gasteiger partial charge in [0.25, 0.3) is 0 Å². The Kier molecular flexibility index (Phi) is 5.16. The van der Waals surface area contributed by atoms with E-state index in [0.29, 0.717) is 22.7 Å². The Balaban J connectivity index is 2.23. The third kappa shape index (κ3) is 3.69. The van der Waals surface area contributed by atoms with Gasteiger partial charge in [0.05, 0.1) is 0 Å². The van der Waals surface area contributed by atoms with Crippen LogP contribution in [-0.4, -0.2) is 16.8 Å². The molecule has 0 saturated carbocycles. The van der Waals surface area contributed by atoms with Gasteiger partial charge in [-0.05, 0) is 36.0 Å². The molecule has 0 spiro atoms. The molecule has 4 heteroatoms. The Morgan fingerprint density at radius 1 is 1.25 bits per heavy atom. The van der Waals surface area contributed by atoms with E-state index in [9.17, 15) is 14.7 Å². The minimum Gasteiger partial charge on any atom is -0.507 e. The summed E-state index contributed by atoms with van der Waals surface area (Å²) in [7, 11) is 0. The predicted octanol–water partition coefficient (Wildman–Crippen LogP) is 4.82. The Bertz CT molecular complexity index is 686. The van der Waals surface area contributed by atoms with Crippen molar-refractivity contribution in [3.8, 4) is 0 Å². The van der Waals surface area contributed by atoms with Crippen LogP contribution in [0.3, 0.4) is 0 Å². The standard InChI is InChI=1S/C20H27NO3/c1-6-20(4,5)16(9-12(2)3)19(24)21-13-7-8-14-15(10-13)18(23)11-17(14)22/h7-8,10-12,16,23H,6,9H2,1-5H3,(H,21,24). The van der Waals surface area contributed by atoms with E-state index in [4.69, 9.17) is 0 Å². The number of hydrogen-bond acceptors (Lipinski definition) is 3. The first-order valence-corrected chi connectivity index (χ1v) is 8.56. The van der Waals surface area contributed by atoms with Crippen molar-refractivity contribution < 1.29 is 14.7 Å². The lowest BCUT2D eigenvalue weighted by atomic mass is 9.72. The number of fused-ring (bicyclic) bond motifs is 1. The van der Waals surface area contributed by atoms with Crippen molar-refractivity contribution in [2.24, 2.45) is 17.3 Å². The molecule has 0 saturated heterocycles. The minimum absolute atomic E-state index is 0.0108. The first-order valence-electron chi connectivity index (χ1n) is 8.56. The molecule has 0 bridgehead atoms. The lowest BCUT2D eigenvalue weighted by Crippen LogP contribution is -2.35. The molecule has 2 N–H and O–H groups in total. The SMILES string of the molecule is CCC(C)(C)C(CC(C)C)C(=O)Nc1ccc2c(c1)C(O)=CC2=O. The number of aliphatic hydroxyl groups is 1. The quantitative estimate of drug-likeness (QED) is 0.786. The molecule has 0 radical (unpaired) electrons. The van der Waals surface area contributed by atoms with E-state index in [1.807, 2.05) is 0 Å². The fourth-order valence-electron chi connectivity index (χ4n) is 3.06. The van der Waals surface area contributed by atoms with Crippen molar-refractivity contribution in [2.45, 2.75) is 47.5 Å². The van der Waals surface area contributed by atoms with Crippen LogP contribution in [0.25, 0.3) is 5.76 Å². The van der Waals surface area contributed by atoms with Gasteiger partial charge in [0.1, 0.15) is 5.76 Å². The average molecular weight is 329 g/mol. The van der Waals surface area contributed by atoms with E-state index >= 15 is 0 Å². The maximum Gasteiger partial charge on any atom is 0.228 e. The number of amides is 1. The number of ketones is 1. The molecule has 1 aliphatic rings. The van der Waals surface area contributed by atoms with Gasteiger partial charge in [0, 0.05) is 28.8 Å². The van der Waals surface area contributed by atoms with Gasteiger partial charge in [-0.15, -0.1) is 0 Å². The predicted molar refractivity (Wildman–Crippen MR) is 97.0 cm³/mol. The van der Waals surface area contributed by atoms with Crippen molar-refractivity contribution in [1.82, 2.24) is 0 Å². The van der Waals surface area contributed by atoms with Crippen LogP contribution in [0.2, 0.25) is 0 Å². The second-order valence-corrected chi connectivity index (χ2v) is 7.67. The van der Waals surface area contributed by atoms with Crippen molar-refractivity contribution >= 4 is 23.1 Å². The van der Waals surface area contributed by atoms with Crippen molar-refractivity contribution in [1.29, 1.82) is 0 Å². The van der Waals surface area contributed by atoms with Crippen molar-refractivity contribution in [2.75, 3.05) is 5.32 Å². The Labute approximate surface area is 144 Å². The number of aliphatic hydroxyl groups excluding tert-OH is 1. The van der Waals surface area contributed by atoms with Gasteiger partial charge in [-0.25, -0.2) is 0 Å².